The maximum absolute atomic E-state index is 13.9. The summed E-state index contributed by atoms with van der Waals surface area (Å²) in [5, 5.41) is -3.66. The van der Waals surface area contributed by atoms with E-state index in [0.717, 1.165) is 6.20 Å². The average molecular weight is 515 g/mol. The predicted molar refractivity (Wildman–Crippen MR) is 87.8 cm³/mol. The van der Waals surface area contributed by atoms with E-state index >= 15 is 0 Å². The lowest BCUT2D eigenvalue weighted by atomic mass is 10.1. The molecule has 2 aromatic rings. The monoisotopic (exact) mass is 515 g/mol. The minimum Gasteiger partial charge on any atom is -0.461 e. The number of nitrogens with zero attached hydrogens (tertiary/aromatic N) is 3. The van der Waals surface area contributed by atoms with Crippen LogP contribution in [0.2, 0.25) is 0 Å². The highest BCUT2D eigenvalue weighted by Crippen LogP contribution is 2.55. The second-order valence-corrected chi connectivity index (χ2v) is 7.51. The topological polar surface area (TPSA) is 100 Å². The molecule has 0 N–H and O–H groups in total. The van der Waals surface area contributed by atoms with Gasteiger partial charge in [0.05, 0.1) is 24.7 Å². The lowest BCUT2D eigenvalue weighted by molar-refractivity contribution is -0.382. The van der Waals surface area contributed by atoms with Crippen LogP contribution in [0.1, 0.15) is 17.4 Å². The van der Waals surface area contributed by atoms with Crippen molar-refractivity contribution in [1.82, 2.24) is 14.8 Å². The van der Waals surface area contributed by atoms with Crippen LogP contribution in [0.15, 0.2) is 30.7 Å². The van der Waals surface area contributed by atoms with E-state index in [4.69, 9.17) is 0 Å². The first kappa shape index (κ1) is 26.2. The van der Waals surface area contributed by atoms with Gasteiger partial charge in [-0.05, 0) is 19.1 Å². The fourth-order valence-electron chi connectivity index (χ4n) is 2.07. The Bertz CT molecular complexity index is 1120. The first-order chi connectivity index (χ1) is 14.9. The van der Waals surface area contributed by atoms with E-state index < -0.39 is 50.8 Å². The Labute approximate surface area is 178 Å². The summed E-state index contributed by atoms with van der Waals surface area (Å²) in [5.41, 5.74) is -1.26. The molecule has 0 aliphatic heterocycles. The maximum Gasteiger partial charge on any atom is 0.460 e. The fraction of sp³-hybridized carbons (Fsp3) is 0.400. The fourth-order valence-corrected chi connectivity index (χ4v) is 2.97. The largest absolute Gasteiger partial charge is 0.461 e. The van der Waals surface area contributed by atoms with Crippen LogP contribution in [0.4, 0.5) is 39.5 Å². The minimum absolute atomic E-state index is 0.0593. The molecule has 0 spiro atoms. The second kappa shape index (κ2) is 8.38. The van der Waals surface area contributed by atoms with E-state index in [-0.39, 0.29) is 12.3 Å². The molecule has 0 saturated heterocycles. The molecular weight excluding hydrogens is 505 g/mol. The predicted octanol–water partition coefficient (Wildman–Crippen LogP) is 3.58. The third kappa shape index (κ3) is 4.42. The van der Waals surface area contributed by atoms with Gasteiger partial charge in [0.2, 0.25) is 5.69 Å². The molecule has 0 saturated carbocycles. The molecule has 0 unspecified atom stereocenters. The van der Waals surface area contributed by atoms with Gasteiger partial charge in [-0.25, -0.2) is 9.48 Å². The zero-order chi connectivity index (χ0) is 25.5. The van der Waals surface area contributed by atoms with Gasteiger partial charge in [-0.15, -0.1) is 0 Å². The SMILES string of the molecule is CCOC(=O)c1nn(-c2cccnc2)cc1OS(=O)(=O)C(F)(F)C(F)(F)C(F)(F)C(F)(F)F. The van der Waals surface area contributed by atoms with Crippen molar-refractivity contribution in [2.24, 2.45) is 0 Å². The van der Waals surface area contributed by atoms with Crippen LogP contribution in [-0.2, 0) is 14.9 Å². The number of ether oxygens (including phenoxy) is 1. The van der Waals surface area contributed by atoms with E-state index in [0.29, 0.717) is 10.9 Å². The summed E-state index contributed by atoms with van der Waals surface area (Å²) >= 11 is 0. The van der Waals surface area contributed by atoms with Crippen LogP contribution in [-0.4, -0.2) is 59.0 Å². The highest BCUT2D eigenvalue weighted by atomic mass is 32.2. The molecule has 8 nitrogen and oxygen atoms in total. The van der Waals surface area contributed by atoms with Crippen LogP contribution in [0.3, 0.4) is 0 Å². The molecule has 0 aliphatic carbocycles. The summed E-state index contributed by atoms with van der Waals surface area (Å²) in [6, 6.07) is 2.53. The lowest BCUT2D eigenvalue weighted by Gasteiger charge is -2.32. The van der Waals surface area contributed by atoms with E-state index in [1.807, 2.05) is 0 Å². The van der Waals surface area contributed by atoms with Crippen LogP contribution in [0, 0.1) is 0 Å². The first-order valence-corrected chi connectivity index (χ1v) is 9.63. The van der Waals surface area contributed by atoms with Crippen molar-refractivity contribution < 1.29 is 61.6 Å². The highest BCUT2D eigenvalue weighted by Gasteiger charge is 2.86. The van der Waals surface area contributed by atoms with Gasteiger partial charge in [-0.3, -0.25) is 4.98 Å². The molecule has 0 aromatic carbocycles. The Balaban J connectivity index is 2.58. The van der Waals surface area contributed by atoms with Crippen molar-refractivity contribution in [3.8, 4) is 11.4 Å². The molecule has 0 amide bonds. The van der Waals surface area contributed by atoms with Crippen molar-refractivity contribution in [2.45, 2.75) is 30.2 Å². The molecule has 0 fully saturated rings. The van der Waals surface area contributed by atoms with E-state index in [1.54, 1.807) is 0 Å². The van der Waals surface area contributed by atoms with Crippen LogP contribution in [0.5, 0.6) is 5.75 Å². The third-order valence-corrected chi connectivity index (χ3v) is 4.97. The molecule has 0 aliphatic rings. The van der Waals surface area contributed by atoms with Gasteiger partial charge in [0.15, 0.2) is 5.75 Å². The molecule has 2 rings (SSSR count). The second-order valence-electron chi connectivity index (χ2n) is 5.92. The van der Waals surface area contributed by atoms with Gasteiger partial charge < -0.3 is 8.92 Å². The van der Waals surface area contributed by atoms with Crippen LogP contribution in [0.25, 0.3) is 5.69 Å². The third-order valence-electron chi connectivity index (χ3n) is 3.69. The molecular formula is C15H10F9N3O5S. The molecule has 184 valence electrons. The van der Waals surface area contributed by atoms with Gasteiger partial charge >= 0.3 is 39.4 Å². The lowest BCUT2D eigenvalue weighted by Crippen LogP contribution is -2.63. The maximum atomic E-state index is 13.9. The smallest absolute Gasteiger partial charge is 0.460 e. The van der Waals surface area contributed by atoms with E-state index in [2.05, 4.69) is 19.0 Å². The Morgan fingerprint density at radius 1 is 1.06 bits per heavy atom. The summed E-state index contributed by atoms with van der Waals surface area (Å²) < 4.78 is 150. The number of pyridine rings is 1. The summed E-state index contributed by atoms with van der Waals surface area (Å²) in [6.07, 6.45) is -4.58. The van der Waals surface area contributed by atoms with Crippen LogP contribution >= 0.6 is 0 Å². The zero-order valence-electron chi connectivity index (χ0n) is 15.8. The van der Waals surface area contributed by atoms with E-state index in [9.17, 15) is 52.7 Å². The number of hydrogen-bond donors (Lipinski definition) is 0. The van der Waals surface area contributed by atoms with Crippen LogP contribution < -0.4 is 4.18 Å². The number of carbonyl (C=O) groups excluding carboxylic acids is 1. The number of hydrogen-bond acceptors (Lipinski definition) is 7. The molecule has 18 heteroatoms. The number of rotatable bonds is 8. The Morgan fingerprint density at radius 2 is 1.67 bits per heavy atom. The van der Waals surface area contributed by atoms with Crippen molar-refractivity contribution in [1.29, 1.82) is 0 Å². The van der Waals surface area contributed by atoms with E-state index in [1.165, 1.54) is 25.3 Å². The normalized spacial score (nSPS) is 13.6. The Kier molecular flexibility index (Phi) is 6.65. The summed E-state index contributed by atoms with van der Waals surface area (Å²) in [7, 11) is -7.29. The van der Waals surface area contributed by atoms with Gasteiger partial charge in [-0.2, -0.15) is 53.0 Å². The van der Waals surface area contributed by atoms with Crippen molar-refractivity contribution in [3.05, 3.63) is 36.4 Å². The summed E-state index contributed by atoms with van der Waals surface area (Å²) in [6.45, 7) is 0.873. The Hall–Kier alpha value is -3.05. The first-order valence-electron chi connectivity index (χ1n) is 8.22. The van der Waals surface area contributed by atoms with Gasteiger partial charge in [-0.1, -0.05) is 0 Å². The highest BCUT2D eigenvalue weighted by molar-refractivity contribution is 7.88. The standard InChI is InChI=1S/C15H10F9N3O5S/c1-2-31-11(28)10-9(7-27(26-10)8-4-3-5-25-6-8)32-33(29,30)15(23,24)13(18,19)12(16,17)14(20,21)22/h3-7H,2H2,1H3. The summed E-state index contributed by atoms with van der Waals surface area (Å²) in [4.78, 5) is 15.6. The number of alkyl halides is 9. The van der Waals surface area contributed by atoms with Gasteiger partial charge in [0, 0.05) is 6.20 Å². The number of aromatic nitrogens is 3. The molecule has 0 atom stereocenters. The molecule has 0 radical (unpaired) electrons. The number of halogens is 9. The molecule has 0 bridgehead atoms. The molecule has 33 heavy (non-hydrogen) atoms. The van der Waals surface area contributed by atoms with Crippen molar-refractivity contribution in [2.75, 3.05) is 6.61 Å². The molecule has 2 aromatic heterocycles. The summed E-state index contributed by atoms with van der Waals surface area (Å²) in [5.74, 6) is -18.0. The number of carbonyl (C=O) groups is 1. The van der Waals surface area contributed by atoms with Gasteiger partial charge in [0.25, 0.3) is 0 Å². The number of esters is 1. The quantitative estimate of drug-likeness (QED) is 0.301. The zero-order valence-corrected chi connectivity index (χ0v) is 16.6. The Morgan fingerprint density at radius 3 is 2.15 bits per heavy atom. The minimum atomic E-state index is -7.51. The average Bonchev–Trinajstić information content (AvgIpc) is 3.10. The van der Waals surface area contributed by atoms with Crippen molar-refractivity contribution >= 4 is 16.1 Å². The molecule has 2 heterocycles. The van der Waals surface area contributed by atoms with Gasteiger partial charge in [0.1, 0.15) is 0 Å². The van der Waals surface area contributed by atoms with Crippen molar-refractivity contribution in [3.63, 3.8) is 0 Å².